The number of alkyl halides is 1. The Balaban J connectivity index is 1.37. The molecule has 11 heteroatoms. The van der Waals surface area contributed by atoms with Crippen molar-refractivity contribution in [2.75, 3.05) is 69.7 Å². The van der Waals surface area contributed by atoms with E-state index < -0.39 is 6.67 Å². The summed E-state index contributed by atoms with van der Waals surface area (Å²) in [5.74, 6) is -0.830. The van der Waals surface area contributed by atoms with Gasteiger partial charge in [0.1, 0.15) is 6.67 Å². The second-order valence-corrected chi connectivity index (χ2v) is 13.0. The molecule has 0 spiro atoms. The minimum Gasteiger partial charge on any atom is -0.379 e. The zero-order valence-electron chi connectivity index (χ0n) is 30.4. The summed E-state index contributed by atoms with van der Waals surface area (Å²) in [5.41, 5.74) is 5.20. The second kappa shape index (κ2) is 18.9. The highest BCUT2D eigenvalue weighted by Gasteiger charge is 2.19. The summed E-state index contributed by atoms with van der Waals surface area (Å²) in [7, 11) is 1.77. The quantitative estimate of drug-likeness (QED) is 0.138. The van der Waals surface area contributed by atoms with Gasteiger partial charge in [-0.15, -0.1) is 0 Å². The second-order valence-electron chi connectivity index (χ2n) is 13.0. The van der Waals surface area contributed by atoms with Crippen molar-refractivity contribution in [3.8, 4) is 11.3 Å². The maximum Gasteiger partial charge on any atom is 0.255 e. The summed E-state index contributed by atoms with van der Waals surface area (Å²) in [6, 6.07) is 23.0. The first-order valence-electron chi connectivity index (χ1n) is 18.0. The number of nitrogens with one attached hydrogen (secondary N) is 2. The Morgan fingerprint density at radius 2 is 1.54 bits per heavy atom. The van der Waals surface area contributed by atoms with E-state index in [1.807, 2.05) is 24.3 Å². The van der Waals surface area contributed by atoms with Crippen LogP contribution in [0.5, 0.6) is 0 Å². The normalized spacial score (nSPS) is 13.0. The summed E-state index contributed by atoms with van der Waals surface area (Å²) in [6.45, 7) is 10.1. The number of hydrogen-bond donors (Lipinski definition) is 2. The lowest BCUT2D eigenvalue weighted by molar-refractivity contribution is 0.0338. The fourth-order valence-corrected chi connectivity index (χ4v) is 6.21. The fourth-order valence-electron chi connectivity index (χ4n) is 6.21. The first-order chi connectivity index (χ1) is 25.3. The molecule has 0 aliphatic carbocycles. The van der Waals surface area contributed by atoms with Gasteiger partial charge >= 0.3 is 0 Å². The molecule has 0 atom stereocenters. The van der Waals surface area contributed by atoms with Crippen molar-refractivity contribution in [2.24, 2.45) is 0 Å². The van der Waals surface area contributed by atoms with Gasteiger partial charge in [0, 0.05) is 87.0 Å². The summed E-state index contributed by atoms with van der Waals surface area (Å²) in [6.07, 6.45) is 3.51. The number of ether oxygens (including phenoxy) is 1. The molecular formula is C41H49FN6O4. The Morgan fingerprint density at radius 1 is 0.827 bits per heavy atom. The number of carbonyl (C=O) groups excluding carboxylic acids is 3. The Bertz CT molecular complexity index is 1820. The van der Waals surface area contributed by atoms with Gasteiger partial charge < -0.3 is 25.2 Å². The van der Waals surface area contributed by atoms with Gasteiger partial charge in [-0.1, -0.05) is 44.2 Å². The van der Waals surface area contributed by atoms with Crippen LogP contribution in [0, 0.1) is 0 Å². The number of anilines is 2. The number of hydrogen-bond acceptors (Lipinski definition) is 7. The molecule has 2 heterocycles. The molecule has 4 aromatic rings. The van der Waals surface area contributed by atoms with Crippen LogP contribution in [0.2, 0.25) is 0 Å². The van der Waals surface area contributed by atoms with Crippen molar-refractivity contribution >= 4 is 29.1 Å². The number of aromatic nitrogens is 1. The molecule has 0 radical (unpaired) electrons. The standard InChI is InChI=1S/C41H49FN6O4/c1-4-16-48(17-5-2)35-12-13-37(36(27-35)38-26-33(14-15-43-38)39(49)44-29-31-9-6-8-30(24-31)28-42)45-40(50)32-10-7-11-34(25-32)41(51)46(3)18-19-47-20-22-52-23-21-47/h6-15,24-27H,4-5,16-23,28-29H2,1-3H3,(H,44,49)(H,45,50). The van der Waals surface area contributed by atoms with Gasteiger partial charge in [-0.2, -0.15) is 0 Å². The Morgan fingerprint density at radius 3 is 2.29 bits per heavy atom. The molecule has 0 saturated carbocycles. The van der Waals surface area contributed by atoms with Gasteiger partial charge in [-0.05, 0) is 72.5 Å². The largest absolute Gasteiger partial charge is 0.379 e. The van der Waals surface area contributed by atoms with Gasteiger partial charge in [0.15, 0.2) is 0 Å². The highest BCUT2D eigenvalue weighted by atomic mass is 19.1. The number of carbonyl (C=O) groups is 3. The SMILES string of the molecule is CCCN(CCC)c1ccc(NC(=O)c2cccc(C(=O)N(C)CCN3CCOCC3)c2)c(-c2cc(C(=O)NCc3cccc(CF)c3)ccn2)c1. The molecule has 1 fully saturated rings. The van der Waals surface area contributed by atoms with Gasteiger partial charge in [-0.25, -0.2) is 4.39 Å². The van der Waals surface area contributed by atoms with E-state index in [0.717, 1.165) is 56.8 Å². The van der Waals surface area contributed by atoms with Crippen molar-refractivity contribution in [1.29, 1.82) is 0 Å². The predicted octanol–water partition coefficient (Wildman–Crippen LogP) is 6.43. The molecular weight excluding hydrogens is 659 g/mol. The third kappa shape index (κ3) is 10.2. The van der Waals surface area contributed by atoms with Crippen LogP contribution < -0.4 is 15.5 Å². The summed E-state index contributed by atoms with van der Waals surface area (Å²) >= 11 is 0. The lowest BCUT2D eigenvalue weighted by atomic mass is 10.0. The van der Waals surface area contributed by atoms with Crippen molar-refractivity contribution in [1.82, 2.24) is 20.1 Å². The molecule has 2 N–H and O–H groups in total. The van der Waals surface area contributed by atoms with Crippen LogP contribution in [-0.4, -0.2) is 92.0 Å². The monoisotopic (exact) mass is 708 g/mol. The number of morpholine rings is 1. The molecule has 52 heavy (non-hydrogen) atoms. The van der Waals surface area contributed by atoms with Crippen LogP contribution in [0.1, 0.15) is 68.9 Å². The predicted molar refractivity (Wildman–Crippen MR) is 204 cm³/mol. The lowest BCUT2D eigenvalue weighted by Gasteiger charge is -2.28. The van der Waals surface area contributed by atoms with Gasteiger partial charge in [0.05, 0.1) is 24.6 Å². The van der Waals surface area contributed by atoms with E-state index in [2.05, 4.69) is 39.3 Å². The highest BCUT2D eigenvalue weighted by molar-refractivity contribution is 6.08. The van der Waals surface area contributed by atoms with Crippen LogP contribution in [0.25, 0.3) is 11.3 Å². The van der Waals surface area contributed by atoms with Crippen LogP contribution in [-0.2, 0) is 18.0 Å². The minimum atomic E-state index is -0.571. The molecule has 10 nitrogen and oxygen atoms in total. The van der Waals surface area contributed by atoms with Crippen molar-refractivity contribution in [2.45, 2.75) is 39.9 Å². The van der Waals surface area contributed by atoms with Crippen molar-refractivity contribution < 1.29 is 23.5 Å². The minimum absolute atomic E-state index is 0.158. The van der Waals surface area contributed by atoms with E-state index in [4.69, 9.17) is 4.74 Å². The number of nitrogens with zero attached hydrogens (tertiary/aromatic N) is 4. The van der Waals surface area contributed by atoms with E-state index in [0.29, 0.717) is 59.0 Å². The zero-order chi connectivity index (χ0) is 36.9. The summed E-state index contributed by atoms with van der Waals surface area (Å²) in [5, 5.41) is 5.97. The van der Waals surface area contributed by atoms with Crippen molar-refractivity contribution in [3.63, 3.8) is 0 Å². The van der Waals surface area contributed by atoms with Crippen LogP contribution in [0.4, 0.5) is 15.8 Å². The van der Waals surface area contributed by atoms with Crippen LogP contribution in [0.15, 0.2) is 85.1 Å². The first kappa shape index (κ1) is 38.1. The van der Waals surface area contributed by atoms with Gasteiger partial charge in [0.25, 0.3) is 17.7 Å². The average Bonchev–Trinajstić information content (AvgIpc) is 3.19. The van der Waals surface area contributed by atoms with E-state index in [1.54, 1.807) is 72.7 Å². The van der Waals surface area contributed by atoms with Crippen LogP contribution in [0.3, 0.4) is 0 Å². The van der Waals surface area contributed by atoms with Crippen molar-refractivity contribution in [3.05, 3.63) is 113 Å². The first-order valence-corrected chi connectivity index (χ1v) is 18.0. The Kier molecular flexibility index (Phi) is 13.9. The Labute approximate surface area is 306 Å². The highest BCUT2D eigenvalue weighted by Crippen LogP contribution is 2.32. The van der Waals surface area contributed by atoms with Gasteiger partial charge in [-0.3, -0.25) is 24.3 Å². The molecule has 274 valence electrons. The van der Waals surface area contributed by atoms with Gasteiger partial charge in [0.2, 0.25) is 0 Å². The molecule has 0 unspecified atom stereocenters. The fraction of sp³-hybridized carbons (Fsp3) is 0.366. The zero-order valence-corrected chi connectivity index (χ0v) is 30.4. The summed E-state index contributed by atoms with van der Waals surface area (Å²) < 4.78 is 18.6. The number of benzene rings is 3. The molecule has 1 saturated heterocycles. The summed E-state index contributed by atoms with van der Waals surface area (Å²) in [4.78, 5) is 51.2. The molecule has 3 amide bonds. The number of rotatable bonds is 16. The Hall–Kier alpha value is -5.13. The number of pyridine rings is 1. The third-order valence-electron chi connectivity index (χ3n) is 9.07. The molecule has 1 aliphatic rings. The van der Waals surface area contributed by atoms with Crippen LogP contribution >= 0.6 is 0 Å². The number of halogens is 1. The third-order valence-corrected chi connectivity index (χ3v) is 9.07. The number of amides is 3. The molecule has 3 aromatic carbocycles. The van der Waals surface area contributed by atoms with E-state index in [1.165, 1.54) is 0 Å². The molecule has 5 rings (SSSR count). The van der Waals surface area contributed by atoms with E-state index in [-0.39, 0.29) is 24.3 Å². The molecule has 1 aromatic heterocycles. The average molecular weight is 709 g/mol. The van der Waals surface area contributed by atoms with E-state index in [9.17, 15) is 18.8 Å². The van der Waals surface area contributed by atoms with E-state index >= 15 is 0 Å². The lowest BCUT2D eigenvalue weighted by Crippen LogP contribution is -2.41. The maximum absolute atomic E-state index is 13.8. The smallest absolute Gasteiger partial charge is 0.255 e. The number of likely N-dealkylation sites (N-methyl/N-ethyl adjacent to an activating group) is 1. The maximum atomic E-state index is 13.8. The molecule has 1 aliphatic heterocycles. The molecule has 0 bridgehead atoms. The topological polar surface area (TPSA) is 107 Å².